The molecule has 0 heterocycles. The van der Waals surface area contributed by atoms with Crippen molar-refractivity contribution in [2.75, 3.05) is 26.5 Å². The van der Waals surface area contributed by atoms with E-state index in [1.54, 1.807) is 31.3 Å². The van der Waals surface area contributed by atoms with E-state index < -0.39 is 0 Å². The van der Waals surface area contributed by atoms with Crippen molar-refractivity contribution in [3.05, 3.63) is 40.9 Å². The lowest BCUT2D eigenvalue weighted by atomic mass is 10.2. The molecule has 0 aliphatic rings. The third-order valence-corrected chi connectivity index (χ3v) is 2.44. The first-order valence-electron chi connectivity index (χ1n) is 5.83. The van der Waals surface area contributed by atoms with E-state index in [4.69, 9.17) is 11.6 Å². The van der Waals surface area contributed by atoms with Crippen LogP contribution in [0.2, 0.25) is 0 Å². The Morgan fingerprint density at radius 1 is 1.32 bits per heavy atom. The highest BCUT2D eigenvalue weighted by Gasteiger charge is 2.05. The first-order chi connectivity index (χ1) is 9.14. The minimum atomic E-state index is 0.517. The molecule has 0 aliphatic heterocycles. The Morgan fingerprint density at radius 2 is 1.89 bits per heavy atom. The Kier molecular flexibility index (Phi) is 9.40. The van der Waals surface area contributed by atoms with Gasteiger partial charge in [-0.05, 0) is 33.2 Å². The van der Waals surface area contributed by atoms with Crippen molar-refractivity contribution in [1.29, 1.82) is 0 Å². The highest BCUT2D eigenvalue weighted by Crippen LogP contribution is 2.15. The molecule has 19 heavy (non-hydrogen) atoms. The Bertz CT molecular complexity index is 456. The van der Waals surface area contributed by atoms with Gasteiger partial charge in [0.25, 0.3) is 0 Å². The summed E-state index contributed by atoms with van der Waals surface area (Å²) in [5, 5.41) is 6.28. The molecular formula is C14H20ClN3O. The normalized spacial score (nSPS) is 11.4. The van der Waals surface area contributed by atoms with Crippen LogP contribution in [-0.4, -0.2) is 33.3 Å². The summed E-state index contributed by atoms with van der Waals surface area (Å²) in [6, 6.07) is 7.17. The van der Waals surface area contributed by atoms with Gasteiger partial charge in [-0.2, -0.15) is 0 Å². The summed E-state index contributed by atoms with van der Waals surface area (Å²) >= 11 is 5.96. The van der Waals surface area contributed by atoms with Crippen LogP contribution in [0.15, 0.2) is 40.4 Å². The molecule has 2 N–H and O–H groups in total. The van der Waals surface area contributed by atoms with E-state index in [1.165, 1.54) is 0 Å². The van der Waals surface area contributed by atoms with E-state index in [0.29, 0.717) is 22.1 Å². The molecule has 0 unspecified atom stereocenters. The average molecular weight is 282 g/mol. The summed E-state index contributed by atoms with van der Waals surface area (Å²) in [4.78, 5) is 14.8. The molecule has 0 spiro atoms. The molecule has 0 saturated carbocycles. The molecule has 0 radical (unpaired) electrons. The molecule has 0 saturated heterocycles. The number of rotatable bonds is 3. The smallest absolute Gasteiger partial charge is 0.152 e. The Labute approximate surface area is 119 Å². The lowest BCUT2D eigenvalue weighted by Crippen LogP contribution is -2.13. The SMILES string of the molecule is C/C=C(/Cl)C(=NC)Nc1ccccc1C=O.CNC. The number of hydrogen-bond acceptors (Lipinski definition) is 3. The molecular weight excluding hydrogens is 262 g/mol. The van der Waals surface area contributed by atoms with E-state index in [0.717, 1.165) is 6.29 Å². The minimum absolute atomic E-state index is 0.517. The fourth-order valence-corrected chi connectivity index (χ4v) is 1.33. The fraction of sp³-hybridized carbons (Fsp3) is 0.286. The molecule has 104 valence electrons. The van der Waals surface area contributed by atoms with Gasteiger partial charge in [-0.15, -0.1) is 0 Å². The molecule has 1 aromatic carbocycles. The molecule has 0 bridgehead atoms. The standard InChI is InChI=1S/C12H13ClN2O.C2H7N/c1-3-10(13)12(14-2)15-11-7-5-4-6-9(11)8-16;1-3-2/h3-8H,1-2H3,(H,14,15);3H,1-2H3/b10-3+;. The highest BCUT2D eigenvalue weighted by atomic mass is 35.5. The van der Waals surface area contributed by atoms with E-state index in [2.05, 4.69) is 15.6 Å². The number of allylic oxidation sites excluding steroid dienone is 1. The number of nitrogens with zero attached hydrogens (tertiary/aromatic N) is 1. The van der Waals surface area contributed by atoms with Gasteiger partial charge in [0, 0.05) is 12.6 Å². The summed E-state index contributed by atoms with van der Waals surface area (Å²) in [5.74, 6) is 0.540. The van der Waals surface area contributed by atoms with E-state index >= 15 is 0 Å². The zero-order valence-electron chi connectivity index (χ0n) is 11.7. The van der Waals surface area contributed by atoms with Crippen molar-refractivity contribution in [3.63, 3.8) is 0 Å². The molecule has 5 heteroatoms. The summed E-state index contributed by atoms with van der Waals surface area (Å²) < 4.78 is 0. The molecule has 4 nitrogen and oxygen atoms in total. The van der Waals surface area contributed by atoms with E-state index in [-0.39, 0.29) is 0 Å². The predicted molar refractivity (Wildman–Crippen MR) is 83.4 cm³/mol. The number of anilines is 1. The van der Waals surface area contributed by atoms with Crippen LogP contribution >= 0.6 is 11.6 Å². The minimum Gasteiger partial charge on any atom is -0.339 e. The maximum atomic E-state index is 10.8. The van der Waals surface area contributed by atoms with Crippen molar-refractivity contribution < 1.29 is 4.79 Å². The van der Waals surface area contributed by atoms with Crippen LogP contribution < -0.4 is 10.6 Å². The Morgan fingerprint density at radius 3 is 2.37 bits per heavy atom. The second-order valence-electron chi connectivity index (χ2n) is 3.54. The quantitative estimate of drug-likeness (QED) is 0.509. The molecule has 1 rings (SSSR count). The molecule has 0 atom stereocenters. The third kappa shape index (κ3) is 6.18. The van der Waals surface area contributed by atoms with Crippen LogP contribution in [0.3, 0.4) is 0 Å². The maximum Gasteiger partial charge on any atom is 0.152 e. The van der Waals surface area contributed by atoms with Crippen LogP contribution in [-0.2, 0) is 0 Å². The van der Waals surface area contributed by atoms with Crippen molar-refractivity contribution in [2.24, 2.45) is 4.99 Å². The van der Waals surface area contributed by atoms with E-state index in [9.17, 15) is 4.79 Å². The monoisotopic (exact) mass is 281 g/mol. The number of benzene rings is 1. The summed E-state index contributed by atoms with van der Waals surface area (Å²) in [7, 11) is 5.39. The van der Waals surface area contributed by atoms with Gasteiger partial charge < -0.3 is 10.6 Å². The second kappa shape index (κ2) is 10.3. The van der Waals surface area contributed by atoms with Crippen molar-refractivity contribution >= 4 is 29.4 Å². The number of carbonyl (C=O) groups is 1. The number of carbonyl (C=O) groups excluding carboxylic acids is 1. The zero-order valence-corrected chi connectivity index (χ0v) is 12.5. The van der Waals surface area contributed by atoms with Crippen molar-refractivity contribution in [2.45, 2.75) is 6.92 Å². The molecule has 1 aromatic rings. The van der Waals surface area contributed by atoms with E-state index in [1.807, 2.05) is 27.1 Å². The van der Waals surface area contributed by atoms with Gasteiger partial charge in [-0.3, -0.25) is 9.79 Å². The number of nitrogens with one attached hydrogen (secondary N) is 2. The zero-order chi connectivity index (χ0) is 14.7. The van der Waals surface area contributed by atoms with Gasteiger partial charge >= 0.3 is 0 Å². The average Bonchev–Trinajstić information content (AvgIpc) is 2.45. The van der Waals surface area contributed by atoms with Crippen LogP contribution in [0.1, 0.15) is 17.3 Å². The molecule has 0 amide bonds. The number of hydrogen-bond donors (Lipinski definition) is 2. The first-order valence-corrected chi connectivity index (χ1v) is 6.21. The van der Waals surface area contributed by atoms with Gasteiger partial charge in [-0.1, -0.05) is 29.8 Å². The molecule has 0 aliphatic carbocycles. The fourth-order valence-electron chi connectivity index (χ4n) is 1.20. The van der Waals surface area contributed by atoms with Crippen molar-refractivity contribution in [3.8, 4) is 0 Å². The Hall–Kier alpha value is -1.65. The number of halogens is 1. The number of amidine groups is 1. The van der Waals surface area contributed by atoms with Gasteiger partial charge in [0.2, 0.25) is 0 Å². The molecule has 0 fully saturated rings. The van der Waals surface area contributed by atoms with Crippen molar-refractivity contribution in [1.82, 2.24) is 5.32 Å². The molecule has 0 aromatic heterocycles. The number of para-hydroxylation sites is 1. The van der Waals surface area contributed by atoms with Crippen LogP contribution in [0, 0.1) is 0 Å². The third-order valence-electron chi connectivity index (χ3n) is 2.04. The number of aliphatic imine (C=N–C) groups is 1. The lowest BCUT2D eigenvalue weighted by Gasteiger charge is -2.09. The second-order valence-corrected chi connectivity index (χ2v) is 3.95. The summed E-state index contributed by atoms with van der Waals surface area (Å²) in [5.41, 5.74) is 1.27. The predicted octanol–water partition coefficient (Wildman–Crippen LogP) is 2.92. The highest BCUT2D eigenvalue weighted by molar-refractivity contribution is 6.45. The van der Waals surface area contributed by atoms with Crippen LogP contribution in [0.25, 0.3) is 0 Å². The Balaban J connectivity index is 0.000000982. The van der Waals surface area contributed by atoms with Gasteiger partial charge in [0.05, 0.1) is 10.7 Å². The first kappa shape index (κ1) is 17.4. The van der Waals surface area contributed by atoms with Crippen LogP contribution in [0.4, 0.5) is 5.69 Å². The largest absolute Gasteiger partial charge is 0.339 e. The lowest BCUT2D eigenvalue weighted by molar-refractivity contribution is 0.112. The van der Waals surface area contributed by atoms with Gasteiger partial charge in [0.15, 0.2) is 6.29 Å². The maximum absolute atomic E-state index is 10.8. The van der Waals surface area contributed by atoms with Gasteiger partial charge in [0.1, 0.15) is 5.84 Å². The number of aldehydes is 1. The summed E-state index contributed by atoms with van der Waals surface area (Å²) in [6.07, 6.45) is 2.53. The van der Waals surface area contributed by atoms with Crippen LogP contribution in [0.5, 0.6) is 0 Å². The topological polar surface area (TPSA) is 53.5 Å². The summed E-state index contributed by atoms with van der Waals surface area (Å²) in [6.45, 7) is 1.82. The van der Waals surface area contributed by atoms with Gasteiger partial charge in [-0.25, -0.2) is 0 Å².